The van der Waals surface area contributed by atoms with Gasteiger partial charge in [-0.1, -0.05) is 85.0 Å². The van der Waals surface area contributed by atoms with E-state index in [1.54, 1.807) is 11.1 Å². The van der Waals surface area contributed by atoms with Crippen molar-refractivity contribution in [2.75, 3.05) is 0 Å². The molecule has 0 radical (unpaired) electrons. The van der Waals surface area contributed by atoms with Crippen LogP contribution in [0.15, 0.2) is 23.8 Å². The van der Waals surface area contributed by atoms with Crippen LogP contribution < -0.4 is 0 Å². The van der Waals surface area contributed by atoms with Crippen molar-refractivity contribution in [2.24, 2.45) is 45.3 Å². The van der Waals surface area contributed by atoms with E-state index in [1.165, 1.54) is 38.5 Å². The Morgan fingerprint density at radius 1 is 0.941 bits per heavy atom. The van der Waals surface area contributed by atoms with E-state index in [4.69, 9.17) is 0 Å². The highest BCUT2D eigenvalue weighted by molar-refractivity contribution is 5.41. The molecule has 34 heavy (non-hydrogen) atoms. The maximum Gasteiger partial charge on any atom is 0.0817 e. The van der Waals surface area contributed by atoms with Gasteiger partial charge in [-0.25, -0.2) is 0 Å². The van der Waals surface area contributed by atoms with Crippen LogP contribution in [-0.2, 0) is 0 Å². The smallest absolute Gasteiger partial charge is 0.0817 e. The minimum atomic E-state index is -0.460. The van der Waals surface area contributed by atoms with Crippen molar-refractivity contribution in [1.82, 2.24) is 0 Å². The van der Waals surface area contributed by atoms with Gasteiger partial charge in [-0.15, -0.1) is 6.58 Å². The summed E-state index contributed by atoms with van der Waals surface area (Å²) >= 11 is 0. The van der Waals surface area contributed by atoms with Crippen molar-refractivity contribution in [3.63, 3.8) is 0 Å². The van der Waals surface area contributed by atoms with E-state index in [9.17, 15) is 10.2 Å². The Hall–Kier alpha value is -0.600. The summed E-state index contributed by atoms with van der Waals surface area (Å²) in [5, 5.41) is 22.6. The Bertz CT molecular complexity index is 808. The summed E-state index contributed by atoms with van der Waals surface area (Å²) in [7, 11) is 0. The lowest BCUT2D eigenvalue weighted by Crippen LogP contribution is -2.57. The second-order valence-corrected chi connectivity index (χ2v) is 14.4. The van der Waals surface area contributed by atoms with Gasteiger partial charge in [0.25, 0.3) is 0 Å². The molecule has 0 aromatic heterocycles. The molecule has 0 aliphatic heterocycles. The number of allylic oxidation sites excluding steroid dienone is 1. The zero-order valence-electron chi connectivity index (χ0n) is 23.4. The molecular formula is C32H54O2. The highest BCUT2D eigenvalue weighted by Crippen LogP contribution is 2.73. The van der Waals surface area contributed by atoms with Gasteiger partial charge in [0.1, 0.15) is 0 Å². The van der Waals surface area contributed by atoms with Gasteiger partial charge in [0.15, 0.2) is 0 Å². The van der Waals surface area contributed by atoms with E-state index in [-0.39, 0.29) is 27.8 Å². The first kappa shape index (κ1) is 26.5. The summed E-state index contributed by atoms with van der Waals surface area (Å²) in [6.07, 6.45) is 14.1. The molecule has 0 spiro atoms. The van der Waals surface area contributed by atoms with Crippen molar-refractivity contribution in [2.45, 2.75) is 131 Å². The van der Waals surface area contributed by atoms with E-state index >= 15 is 0 Å². The molecule has 0 unspecified atom stereocenters. The van der Waals surface area contributed by atoms with Gasteiger partial charge in [-0.2, -0.15) is 0 Å². The highest BCUT2D eigenvalue weighted by atomic mass is 16.3. The fourth-order valence-electron chi connectivity index (χ4n) is 10.2. The molecule has 2 N–H and O–H groups in total. The van der Waals surface area contributed by atoms with E-state index in [2.05, 4.69) is 55.0 Å². The van der Waals surface area contributed by atoms with Crippen molar-refractivity contribution in [1.29, 1.82) is 0 Å². The molecule has 8 atom stereocenters. The summed E-state index contributed by atoms with van der Waals surface area (Å²) in [6.45, 7) is 21.0. The van der Waals surface area contributed by atoms with Gasteiger partial charge < -0.3 is 10.2 Å². The highest BCUT2D eigenvalue weighted by Gasteiger charge is 2.66. The third-order valence-corrected chi connectivity index (χ3v) is 12.2. The molecule has 2 fully saturated rings. The molecular weight excluding hydrogens is 416 g/mol. The Labute approximate surface area is 210 Å². The minimum absolute atomic E-state index is 0.0420. The summed E-state index contributed by atoms with van der Waals surface area (Å²) < 4.78 is 0. The first-order valence-corrected chi connectivity index (χ1v) is 14.6. The molecule has 4 aliphatic rings. The van der Waals surface area contributed by atoms with Gasteiger partial charge in [0, 0.05) is 5.41 Å². The Kier molecular flexibility index (Phi) is 7.05. The van der Waals surface area contributed by atoms with Gasteiger partial charge in [0.2, 0.25) is 0 Å². The maximum atomic E-state index is 11.7. The molecule has 0 bridgehead atoms. The number of rotatable bonds is 7. The molecule has 2 nitrogen and oxygen atoms in total. The van der Waals surface area contributed by atoms with Crippen LogP contribution >= 0.6 is 0 Å². The maximum absolute atomic E-state index is 11.7. The number of aliphatic hydroxyl groups is 2. The lowest BCUT2D eigenvalue weighted by molar-refractivity contribution is -0.104. The first-order valence-electron chi connectivity index (χ1n) is 14.6. The molecule has 2 saturated carbocycles. The van der Waals surface area contributed by atoms with E-state index in [1.807, 2.05) is 6.08 Å². The van der Waals surface area contributed by atoms with Crippen LogP contribution in [0.25, 0.3) is 0 Å². The summed E-state index contributed by atoms with van der Waals surface area (Å²) in [5.41, 5.74) is 3.41. The average molecular weight is 471 g/mol. The Balaban J connectivity index is 1.74. The van der Waals surface area contributed by atoms with Crippen molar-refractivity contribution in [3.8, 4) is 0 Å². The largest absolute Gasteiger partial charge is 0.393 e. The van der Waals surface area contributed by atoms with E-state index in [0.717, 1.165) is 38.0 Å². The molecule has 0 aromatic rings. The molecule has 0 saturated heterocycles. The van der Waals surface area contributed by atoms with E-state index < -0.39 is 6.10 Å². The van der Waals surface area contributed by atoms with Crippen LogP contribution in [0.2, 0.25) is 0 Å². The summed E-state index contributed by atoms with van der Waals surface area (Å²) in [4.78, 5) is 0. The normalized spacial score (nSPS) is 43.2. The van der Waals surface area contributed by atoms with Crippen LogP contribution in [0, 0.1) is 45.3 Å². The second kappa shape index (κ2) is 9.05. The molecule has 0 heterocycles. The quantitative estimate of drug-likeness (QED) is 0.369. The third-order valence-electron chi connectivity index (χ3n) is 12.2. The van der Waals surface area contributed by atoms with Crippen LogP contribution in [0.5, 0.6) is 0 Å². The molecule has 0 amide bonds. The van der Waals surface area contributed by atoms with Gasteiger partial charge >= 0.3 is 0 Å². The predicted octanol–water partition coefficient (Wildman–Crippen LogP) is 8.09. The molecule has 4 aliphatic carbocycles. The fraction of sp³-hybridized carbons (Fsp3) is 0.875. The summed E-state index contributed by atoms with van der Waals surface area (Å²) in [5.74, 6) is 2.69. The molecule has 194 valence electrons. The Morgan fingerprint density at radius 2 is 1.65 bits per heavy atom. The standard InChI is InChI=1S/C32H54O2/c1-9-27(33)32-20-16-23(22(4)12-10-11-21(2)3)31(32,8)19-15-24-25(32)13-14-26-29(5,6)28(34)17-18-30(24,26)7/h9,21-23,26-28,33-34H,1,10-20H2,2-8H3/t22-,23-,26+,27+,28+,30-,31-,32+/m1/s1. The second-order valence-electron chi connectivity index (χ2n) is 14.4. The molecule has 4 rings (SSSR count). The third kappa shape index (κ3) is 3.63. The van der Waals surface area contributed by atoms with Crippen LogP contribution in [0.1, 0.15) is 119 Å². The number of fused-ring (bicyclic) bond motifs is 4. The zero-order chi connectivity index (χ0) is 25.1. The average Bonchev–Trinajstić information content (AvgIpc) is 3.10. The van der Waals surface area contributed by atoms with Gasteiger partial charge in [-0.3, -0.25) is 0 Å². The van der Waals surface area contributed by atoms with Crippen molar-refractivity contribution in [3.05, 3.63) is 23.8 Å². The van der Waals surface area contributed by atoms with Crippen LogP contribution in [0.4, 0.5) is 0 Å². The van der Waals surface area contributed by atoms with Crippen molar-refractivity contribution < 1.29 is 10.2 Å². The van der Waals surface area contributed by atoms with E-state index in [0.29, 0.717) is 17.8 Å². The Morgan fingerprint density at radius 3 is 2.29 bits per heavy atom. The van der Waals surface area contributed by atoms with Crippen LogP contribution in [0.3, 0.4) is 0 Å². The SMILES string of the molecule is C=C[C@H](O)[C@@]12CC[C@H]([C@H](C)CCCC(C)C)[C@@]1(C)CCC1=C2CC[C@H]2C(C)(C)[C@@H](O)CC[C@]12C. The first-order chi connectivity index (χ1) is 15.9. The zero-order valence-corrected chi connectivity index (χ0v) is 23.4. The van der Waals surface area contributed by atoms with Crippen LogP contribution in [-0.4, -0.2) is 22.4 Å². The predicted molar refractivity (Wildman–Crippen MR) is 143 cm³/mol. The topological polar surface area (TPSA) is 40.5 Å². The monoisotopic (exact) mass is 470 g/mol. The lowest BCUT2D eigenvalue weighted by atomic mass is 9.42. The van der Waals surface area contributed by atoms with Crippen molar-refractivity contribution >= 4 is 0 Å². The minimum Gasteiger partial charge on any atom is -0.393 e. The number of hydrogen-bond donors (Lipinski definition) is 2. The fourth-order valence-corrected chi connectivity index (χ4v) is 10.2. The number of aliphatic hydroxyl groups excluding tert-OH is 2. The van der Waals surface area contributed by atoms with Gasteiger partial charge in [-0.05, 0) is 91.3 Å². The summed E-state index contributed by atoms with van der Waals surface area (Å²) in [6, 6.07) is 0. The van der Waals surface area contributed by atoms with Gasteiger partial charge in [0.05, 0.1) is 12.2 Å². The molecule has 0 aromatic carbocycles. The lowest BCUT2D eigenvalue weighted by Gasteiger charge is -2.63. The molecule has 2 heteroatoms. The number of hydrogen-bond acceptors (Lipinski definition) is 2.